The number of aliphatic hydroxyl groups excluding tert-OH is 1. The van der Waals surface area contributed by atoms with E-state index in [2.05, 4.69) is 0 Å². The number of benzene rings is 1. The summed E-state index contributed by atoms with van der Waals surface area (Å²) in [7, 11) is 0. The van der Waals surface area contributed by atoms with Crippen LogP contribution in [0.15, 0.2) is 42.5 Å². The van der Waals surface area contributed by atoms with E-state index in [0.29, 0.717) is 17.1 Å². The number of esters is 1. The highest BCUT2D eigenvalue weighted by atomic mass is 35.5. The van der Waals surface area contributed by atoms with Crippen LogP contribution in [0.1, 0.15) is 25.8 Å². The molecule has 2 fully saturated rings. The molecule has 0 saturated carbocycles. The minimum absolute atomic E-state index is 0.213. The average molecular weight is 501 g/mol. The second-order valence-corrected chi connectivity index (χ2v) is 10.3. The maximum absolute atomic E-state index is 14.3. The molecule has 0 bridgehead atoms. The number of halogens is 1. The summed E-state index contributed by atoms with van der Waals surface area (Å²) in [4.78, 5) is 44.5. The van der Waals surface area contributed by atoms with Gasteiger partial charge in [-0.2, -0.15) is 0 Å². The van der Waals surface area contributed by atoms with Crippen LogP contribution in [0.5, 0.6) is 0 Å². The van der Waals surface area contributed by atoms with Gasteiger partial charge in [-0.3, -0.25) is 14.4 Å². The number of cyclic esters (lactones) is 1. The Bertz CT molecular complexity index is 1130. The Balaban J connectivity index is 1.70. The molecule has 35 heavy (non-hydrogen) atoms. The number of nitrogens with zero attached hydrogens (tertiary/aromatic N) is 2. The van der Waals surface area contributed by atoms with E-state index in [9.17, 15) is 19.5 Å². The maximum atomic E-state index is 14.3. The predicted molar refractivity (Wildman–Crippen MR) is 129 cm³/mol. The first-order valence-corrected chi connectivity index (χ1v) is 12.3. The molecule has 4 heterocycles. The number of ether oxygens (including phenoxy) is 2. The Morgan fingerprint density at radius 1 is 1.17 bits per heavy atom. The molecule has 9 heteroatoms. The molecule has 186 valence electrons. The van der Waals surface area contributed by atoms with Gasteiger partial charge in [0.05, 0.1) is 41.5 Å². The van der Waals surface area contributed by atoms with Gasteiger partial charge < -0.3 is 24.4 Å². The van der Waals surface area contributed by atoms with Crippen LogP contribution in [0.2, 0.25) is 5.02 Å². The third kappa shape index (κ3) is 3.37. The van der Waals surface area contributed by atoms with Crippen molar-refractivity contribution < 1.29 is 29.0 Å². The lowest BCUT2D eigenvalue weighted by molar-refractivity contribution is -0.160. The molecule has 0 aliphatic carbocycles. The highest BCUT2D eigenvalue weighted by Gasteiger charge is 2.75. The molecule has 2 saturated heterocycles. The average Bonchev–Trinajstić information content (AvgIpc) is 3.14. The Morgan fingerprint density at radius 3 is 2.66 bits per heavy atom. The predicted octanol–water partition coefficient (Wildman–Crippen LogP) is 2.41. The normalized spacial score (nSPS) is 35.1. The van der Waals surface area contributed by atoms with Crippen molar-refractivity contribution in [3.05, 3.63) is 53.1 Å². The number of carbonyl (C=O) groups is 3. The Labute approximate surface area is 209 Å². The summed E-state index contributed by atoms with van der Waals surface area (Å²) in [6, 6.07) is 3.63. The second kappa shape index (κ2) is 8.47. The summed E-state index contributed by atoms with van der Waals surface area (Å²) in [6.45, 7) is 5.39. The van der Waals surface area contributed by atoms with E-state index >= 15 is 0 Å². The number of carbonyl (C=O) groups excluding carboxylic acids is 3. The van der Waals surface area contributed by atoms with Crippen molar-refractivity contribution in [1.29, 1.82) is 0 Å². The van der Waals surface area contributed by atoms with E-state index in [1.54, 1.807) is 37.0 Å². The SMILES string of the molecule is Cc1cccc(Cl)c1N1CC=C[C@]23O[C@]4(C)C=CCCOC(=O)[C@@H]4[C@H]2C(=O)N([C@H](C)CO)C3C1=O. The quantitative estimate of drug-likeness (QED) is 0.506. The summed E-state index contributed by atoms with van der Waals surface area (Å²) < 4.78 is 12.1. The molecular formula is C26H29ClN2O6. The molecular weight excluding hydrogens is 472 g/mol. The number of aryl methyl sites for hydroxylation is 1. The van der Waals surface area contributed by atoms with Crippen molar-refractivity contribution >= 4 is 35.1 Å². The lowest BCUT2D eigenvalue weighted by atomic mass is 9.74. The van der Waals surface area contributed by atoms with Crippen molar-refractivity contribution in [3.63, 3.8) is 0 Å². The van der Waals surface area contributed by atoms with E-state index in [-0.39, 0.29) is 25.7 Å². The minimum Gasteiger partial charge on any atom is -0.465 e. The molecule has 6 atom stereocenters. The zero-order valence-corrected chi connectivity index (χ0v) is 20.7. The first-order valence-electron chi connectivity index (χ1n) is 11.9. The van der Waals surface area contributed by atoms with E-state index in [1.807, 2.05) is 31.2 Å². The molecule has 1 unspecified atom stereocenters. The molecule has 8 nitrogen and oxygen atoms in total. The highest BCUT2D eigenvalue weighted by Crippen LogP contribution is 2.57. The lowest BCUT2D eigenvalue weighted by Crippen LogP contribution is -2.58. The molecule has 2 amide bonds. The smallest absolute Gasteiger partial charge is 0.313 e. The van der Waals surface area contributed by atoms with Gasteiger partial charge in [0.15, 0.2) is 0 Å². The molecule has 1 N–H and O–H groups in total. The van der Waals surface area contributed by atoms with Crippen LogP contribution < -0.4 is 4.90 Å². The van der Waals surface area contributed by atoms with Gasteiger partial charge in [0.2, 0.25) is 5.91 Å². The Hall–Kier alpha value is -2.68. The lowest BCUT2D eigenvalue weighted by Gasteiger charge is -2.39. The topological polar surface area (TPSA) is 96.4 Å². The molecule has 1 aromatic carbocycles. The summed E-state index contributed by atoms with van der Waals surface area (Å²) in [5.41, 5.74) is -1.17. The number of aliphatic hydroxyl groups is 1. The van der Waals surface area contributed by atoms with Crippen LogP contribution >= 0.6 is 11.6 Å². The van der Waals surface area contributed by atoms with Crippen LogP contribution in [0, 0.1) is 18.8 Å². The van der Waals surface area contributed by atoms with Crippen LogP contribution in [0.4, 0.5) is 5.69 Å². The zero-order valence-electron chi connectivity index (χ0n) is 19.9. The number of amides is 2. The standard InChI is InChI=1S/C26H29ClN2O6/c1-15-8-6-9-17(27)20(15)28-12-7-11-26-18(22(31)29(16(2)14-30)21(26)23(28)32)19-24(33)34-13-5-4-10-25(19,3)35-26/h4,6-11,16,18-19,21,30H,5,12-14H2,1-3H3/t16-,18+,19+,21?,25-,26+/m1/s1. The Kier molecular flexibility index (Phi) is 5.81. The molecule has 1 aromatic rings. The number of fused-ring (bicyclic) bond motifs is 2. The van der Waals surface area contributed by atoms with Gasteiger partial charge in [-0.1, -0.05) is 48.0 Å². The third-order valence-electron chi connectivity index (χ3n) is 7.66. The number of hydrogen-bond acceptors (Lipinski definition) is 6. The second-order valence-electron chi connectivity index (χ2n) is 9.89. The van der Waals surface area contributed by atoms with Crippen LogP contribution in [0.25, 0.3) is 0 Å². The summed E-state index contributed by atoms with van der Waals surface area (Å²) in [5.74, 6) is -3.22. The van der Waals surface area contributed by atoms with Gasteiger partial charge in [0.1, 0.15) is 17.6 Å². The minimum atomic E-state index is -1.41. The fraction of sp³-hybridized carbons (Fsp3) is 0.500. The van der Waals surface area contributed by atoms with E-state index < -0.39 is 47.0 Å². The van der Waals surface area contributed by atoms with Gasteiger partial charge in [-0.25, -0.2) is 0 Å². The zero-order chi connectivity index (χ0) is 25.1. The molecule has 4 aliphatic rings. The summed E-state index contributed by atoms with van der Waals surface area (Å²) in [6.07, 6.45) is 7.78. The largest absolute Gasteiger partial charge is 0.465 e. The number of para-hydroxylation sites is 1. The fourth-order valence-electron chi connectivity index (χ4n) is 6.16. The maximum Gasteiger partial charge on any atom is 0.313 e. The van der Waals surface area contributed by atoms with Crippen molar-refractivity contribution in [1.82, 2.24) is 4.90 Å². The van der Waals surface area contributed by atoms with Crippen molar-refractivity contribution in [3.8, 4) is 0 Å². The monoisotopic (exact) mass is 500 g/mol. The van der Waals surface area contributed by atoms with Gasteiger partial charge in [-0.15, -0.1) is 0 Å². The highest BCUT2D eigenvalue weighted by molar-refractivity contribution is 6.34. The summed E-state index contributed by atoms with van der Waals surface area (Å²) >= 11 is 6.53. The number of anilines is 1. The van der Waals surface area contributed by atoms with Gasteiger partial charge in [-0.05, 0) is 38.8 Å². The summed E-state index contributed by atoms with van der Waals surface area (Å²) in [5, 5.41) is 10.4. The van der Waals surface area contributed by atoms with Crippen molar-refractivity contribution in [2.45, 2.75) is 50.5 Å². The van der Waals surface area contributed by atoms with Crippen molar-refractivity contribution in [2.75, 3.05) is 24.7 Å². The first kappa shape index (κ1) is 24.0. The third-order valence-corrected chi connectivity index (χ3v) is 7.96. The molecule has 4 aliphatic heterocycles. The van der Waals surface area contributed by atoms with Gasteiger partial charge in [0, 0.05) is 6.54 Å². The van der Waals surface area contributed by atoms with Gasteiger partial charge in [0.25, 0.3) is 5.91 Å². The van der Waals surface area contributed by atoms with Crippen LogP contribution in [0.3, 0.4) is 0 Å². The Morgan fingerprint density at radius 2 is 1.94 bits per heavy atom. The van der Waals surface area contributed by atoms with Gasteiger partial charge >= 0.3 is 5.97 Å². The van der Waals surface area contributed by atoms with E-state index in [4.69, 9.17) is 21.1 Å². The molecule has 1 spiro atoms. The number of hydrogen-bond donors (Lipinski definition) is 1. The fourth-order valence-corrected chi connectivity index (χ4v) is 6.48. The van der Waals surface area contributed by atoms with Crippen LogP contribution in [-0.2, 0) is 23.9 Å². The number of rotatable bonds is 3. The molecule has 0 aromatic heterocycles. The first-order chi connectivity index (χ1) is 16.7. The van der Waals surface area contributed by atoms with E-state index in [0.717, 1.165) is 5.56 Å². The molecule has 0 radical (unpaired) electrons. The van der Waals surface area contributed by atoms with Crippen molar-refractivity contribution in [2.24, 2.45) is 11.8 Å². The molecule has 5 rings (SSSR count). The van der Waals surface area contributed by atoms with Crippen LogP contribution in [-0.4, -0.2) is 70.8 Å². The van der Waals surface area contributed by atoms with E-state index in [1.165, 1.54) is 4.90 Å². The number of likely N-dealkylation sites (tertiary alicyclic amines) is 1.